The second kappa shape index (κ2) is 7.99. The van der Waals surface area contributed by atoms with E-state index < -0.39 is 24.2 Å². The number of aliphatic imine (C=N–C) groups is 1. The van der Waals surface area contributed by atoms with Crippen LogP contribution in [0.2, 0.25) is 0 Å². The van der Waals surface area contributed by atoms with Crippen molar-refractivity contribution in [2.75, 3.05) is 26.7 Å². The maximum absolute atomic E-state index is 14.2. The number of aromatic nitrogens is 1. The highest BCUT2D eigenvalue weighted by molar-refractivity contribution is 5.75. The van der Waals surface area contributed by atoms with Crippen molar-refractivity contribution in [1.29, 1.82) is 0 Å². The summed E-state index contributed by atoms with van der Waals surface area (Å²) in [5, 5.41) is 0. The largest absolute Gasteiger partial charge is 0.490 e. The predicted molar refractivity (Wildman–Crippen MR) is 106 cm³/mol. The minimum atomic E-state index is -4.26. The van der Waals surface area contributed by atoms with Gasteiger partial charge in [0.25, 0.3) is 6.02 Å². The molecule has 3 heterocycles. The van der Waals surface area contributed by atoms with E-state index in [1.54, 1.807) is 30.3 Å². The molecule has 2 aliphatic rings. The summed E-state index contributed by atoms with van der Waals surface area (Å²) in [6, 6.07) is 8.53. The molecule has 0 saturated carbocycles. The topological polar surface area (TPSA) is 73.0 Å². The summed E-state index contributed by atoms with van der Waals surface area (Å²) in [6.45, 7) is -0.604. The van der Waals surface area contributed by atoms with Gasteiger partial charge < -0.3 is 15.2 Å². The molecule has 2 aromatic rings. The molecule has 2 aliphatic heterocycles. The fraction of sp³-hybridized carbons (Fsp3) is 0.429. The van der Waals surface area contributed by atoms with Crippen molar-refractivity contribution in [3.63, 3.8) is 0 Å². The number of halogens is 4. The Balaban J connectivity index is 1.61. The van der Waals surface area contributed by atoms with Gasteiger partial charge >= 0.3 is 6.18 Å². The van der Waals surface area contributed by atoms with Gasteiger partial charge in [-0.25, -0.2) is 9.98 Å². The van der Waals surface area contributed by atoms with Crippen LogP contribution in [0.1, 0.15) is 18.4 Å². The molecule has 1 spiro atoms. The molecular formula is C21H22F4N4O2. The summed E-state index contributed by atoms with van der Waals surface area (Å²) < 4.78 is 63.5. The molecule has 2 N–H and O–H groups in total. The molecule has 0 fully saturated rings. The van der Waals surface area contributed by atoms with Crippen molar-refractivity contribution in [1.82, 2.24) is 9.88 Å². The third kappa shape index (κ3) is 4.58. The van der Waals surface area contributed by atoms with Gasteiger partial charge in [-0.05, 0) is 43.3 Å². The predicted octanol–water partition coefficient (Wildman–Crippen LogP) is 3.46. The average Bonchev–Trinajstić information content (AvgIpc) is 3.06. The molecule has 1 unspecified atom stereocenters. The first-order valence-electron chi connectivity index (χ1n) is 9.81. The Bertz CT molecular complexity index is 998. The van der Waals surface area contributed by atoms with Crippen molar-refractivity contribution in [3.05, 3.63) is 48.0 Å². The van der Waals surface area contributed by atoms with E-state index in [4.69, 9.17) is 15.2 Å². The molecule has 1 aromatic heterocycles. The molecule has 31 heavy (non-hydrogen) atoms. The first-order valence-corrected chi connectivity index (χ1v) is 9.81. The van der Waals surface area contributed by atoms with Crippen LogP contribution in [0.15, 0.2) is 41.5 Å². The number of nitrogens with two attached hydrogens (primary N) is 1. The number of nitrogens with zero attached hydrogens (tertiary/aromatic N) is 3. The lowest BCUT2D eigenvalue weighted by Crippen LogP contribution is -2.40. The van der Waals surface area contributed by atoms with Crippen LogP contribution in [-0.4, -0.2) is 54.9 Å². The number of ether oxygens (including phenoxy) is 2. The summed E-state index contributed by atoms with van der Waals surface area (Å²) >= 11 is 0. The lowest BCUT2D eigenvalue weighted by Gasteiger charge is -2.37. The van der Waals surface area contributed by atoms with E-state index in [2.05, 4.69) is 9.98 Å². The highest BCUT2D eigenvalue weighted by atomic mass is 19.4. The third-order valence-electron chi connectivity index (χ3n) is 5.48. The number of hydrogen-bond acceptors (Lipinski definition) is 6. The Morgan fingerprint density at radius 3 is 2.77 bits per heavy atom. The zero-order valence-electron chi connectivity index (χ0n) is 16.8. The summed E-state index contributed by atoms with van der Waals surface area (Å²) in [6.07, 6.45) is -2.49. The fourth-order valence-electron chi connectivity index (χ4n) is 4.09. The number of alkyl halides is 3. The minimum Gasteiger partial charge on any atom is -0.490 e. The molecule has 166 valence electrons. The number of rotatable bonds is 5. The SMILES string of the molecule is CN(CC[C@H]1CC2(COC(N)=N2)c2cc(-c3cccnc3F)ccc2O1)CC(F)(F)F. The van der Waals surface area contributed by atoms with Crippen LogP contribution in [0, 0.1) is 5.95 Å². The molecule has 1 aromatic carbocycles. The first kappa shape index (κ1) is 21.4. The van der Waals surface area contributed by atoms with Crippen LogP contribution in [0.4, 0.5) is 17.6 Å². The Morgan fingerprint density at radius 2 is 2.10 bits per heavy atom. The van der Waals surface area contributed by atoms with Crippen molar-refractivity contribution in [2.45, 2.75) is 30.7 Å². The smallest absolute Gasteiger partial charge is 0.401 e. The zero-order valence-corrected chi connectivity index (χ0v) is 16.8. The van der Waals surface area contributed by atoms with Gasteiger partial charge in [0.1, 0.15) is 24.0 Å². The van der Waals surface area contributed by atoms with Gasteiger partial charge in [0, 0.05) is 30.3 Å². The maximum Gasteiger partial charge on any atom is 0.401 e. The van der Waals surface area contributed by atoms with Crippen molar-refractivity contribution in [2.24, 2.45) is 10.7 Å². The second-order valence-corrected chi connectivity index (χ2v) is 7.91. The Kier molecular flexibility index (Phi) is 5.50. The van der Waals surface area contributed by atoms with Crippen LogP contribution in [-0.2, 0) is 10.3 Å². The molecule has 10 heteroatoms. The quantitative estimate of drug-likeness (QED) is 0.572. The standard InChI is InChI=1S/C21H22F4N4O2/c1-29(11-21(23,24)25)8-6-14-10-20(12-30-19(26)28-20)16-9-13(4-5-17(16)31-14)15-3-2-7-27-18(15)22/h2-5,7,9,14H,6,8,10-12H2,1H3,(H2,26,28)/t14-,20?/m0/s1. The van der Waals surface area contributed by atoms with Crippen LogP contribution < -0.4 is 10.5 Å². The fourth-order valence-corrected chi connectivity index (χ4v) is 4.09. The first-order chi connectivity index (χ1) is 14.7. The van der Waals surface area contributed by atoms with Gasteiger partial charge in [-0.15, -0.1) is 0 Å². The molecule has 0 amide bonds. The van der Waals surface area contributed by atoms with E-state index in [9.17, 15) is 17.6 Å². The monoisotopic (exact) mass is 438 g/mol. The number of amidine groups is 1. The number of fused-ring (bicyclic) bond motifs is 2. The number of benzene rings is 1. The van der Waals surface area contributed by atoms with Gasteiger partial charge in [0.2, 0.25) is 5.95 Å². The maximum atomic E-state index is 14.2. The van der Waals surface area contributed by atoms with Crippen molar-refractivity contribution in [3.8, 4) is 16.9 Å². The molecular weight excluding hydrogens is 416 g/mol. The highest BCUT2D eigenvalue weighted by Crippen LogP contribution is 2.46. The molecule has 0 bridgehead atoms. The van der Waals surface area contributed by atoms with E-state index in [0.717, 1.165) is 0 Å². The van der Waals surface area contributed by atoms with Gasteiger partial charge in [-0.2, -0.15) is 17.6 Å². The average molecular weight is 438 g/mol. The molecule has 2 atom stereocenters. The molecule has 4 rings (SSSR count). The molecule has 0 aliphatic carbocycles. The van der Waals surface area contributed by atoms with Crippen molar-refractivity contribution < 1.29 is 27.0 Å². The molecule has 0 saturated heterocycles. The normalized spacial score (nSPS) is 22.8. The lowest BCUT2D eigenvalue weighted by atomic mass is 9.81. The van der Waals surface area contributed by atoms with Crippen molar-refractivity contribution >= 4 is 6.02 Å². The van der Waals surface area contributed by atoms with Crippen LogP contribution in [0.5, 0.6) is 5.75 Å². The van der Waals surface area contributed by atoms with Crippen LogP contribution in [0.25, 0.3) is 11.1 Å². The van der Waals surface area contributed by atoms with Gasteiger partial charge in [0.15, 0.2) is 0 Å². The molecule has 0 radical (unpaired) electrons. The summed E-state index contributed by atoms with van der Waals surface area (Å²) in [4.78, 5) is 9.41. The Hall–Kier alpha value is -2.88. The summed E-state index contributed by atoms with van der Waals surface area (Å²) in [7, 11) is 1.42. The van der Waals surface area contributed by atoms with Crippen LogP contribution >= 0.6 is 0 Å². The van der Waals surface area contributed by atoms with Gasteiger partial charge in [0.05, 0.1) is 6.54 Å². The lowest BCUT2D eigenvalue weighted by molar-refractivity contribution is -0.143. The second-order valence-electron chi connectivity index (χ2n) is 7.91. The van der Waals surface area contributed by atoms with E-state index in [1.165, 1.54) is 18.1 Å². The minimum absolute atomic E-state index is 0.0405. The van der Waals surface area contributed by atoms with Gasteiger partial charge in [-0.1, -0.05) is 6.07 Å². The van der Waals surface area contributed by atoms with E-state index in [0.29, 0.717) is 35.3 Å². The Morgan fingerprint density at radius 1 is 1.29 bits per heavy atom. The third-order valence-corrected chi connectivity index (χ3v) is 5.48. The summed E-state index contributed by atoms with van der Waals surface area (Å²) in [5.41, 5.74) is 6.61. The highest BCUT2D eigenvalue weighted by Gasteiger charge is 2.46. The number of hydrogen-bond donors (Lipinski definition) is 1. The van der Waals surface area contributed by atoms with E-state index in [1.807, 2.05) is 0 Å². The van der Waals surface area contributed by atoms with Gasteiger partial charge in [-0.3, -0.25) is 4.90 Å². The zero-order chi connectivity index (χ0) is 22.2. The Labute approximate surface area is 176 Å². The summed E-state index contributed by atoms with van der Waals surface area (Å²) in [5.74, 6) is -0.0608. The van der Waals surface area contributed by atoms with E-state index >= 15 is 0 Å². The van der Waals surface area contributed by atoms with E-state index in [-0.39, 0.29) is 25.3 Å². The number of pyridine rings is 1. The van der Waals surface area contributed by atoms with Crippen LogP contribution in [0.3, 0.4) is 0 Å². The molecule has 6 nitrogen and oxygen atoms in total.